The normalized spacial score (nSPS) is 20.6. The second kappa shape index (κ2) is 9.56. The first kappa shape index (κ1) is 14.6. The standard InChI is InChI=1S/C11H24N4OS/c1-2-16-6-3-5-13-11(15-12)14-8-10-4-7-17-9-10/h10H,2-9,12H2,1H3,(H2,13,14,15). The average molecular weight is 260 g/mol. The fourth-order valence-electron chi connectivity index (χ4n) is 1.63. The first-order valence-corrected chi connectivity index (χ1v) is 7.42. The maximum Gasteiger partial charge on any atom is 0.205 e. The molecule has 0 radical (unpaired) electrons. The molecule has 0 aromatic carbocycles. The highest BCUT2D eigenvalue weighted by Crippen LogP contribution is 2.23. The van der Waals surface area contributed by atoms with Crippen molar-refractivity contribution in [2.24, 2.45) is 16.8 Å². The fourth-order valence-corrected chi connectivity index (χ4v) is 2.90. The molecule has 5 nitrogen and oxygen atoms in total. The Labute approximate surface area is 108 Å². The second-order valence-corrected chi connectivity index (χ2v) is 5.19. The summed E-state index contributed by atoms with van der Waals surface area (Å²) in [5, 5.41) is 3.18. The van der Waals surface area contributed by atoms with Crippen LogP contribution in [0.4, 0.5) is 0 Å². The van der Waals surface area contributed by atoms with Gasteiger partial charge in [-0.1, -0.05) is 0 Å². The number of thioether (sulfide) groups is 1. The van der Waals surface area contributed by atoms with E-state index in [-0.39, 0.29) is 0 Å². The summed E-state index contributed by atoms with van der Waals surface area (Å²) < 4.78 is 5.26. The monoisotopic (exact) mass is 260 g/mol. The summed E-state index contributed by atoms with van der Waals surface area (Å²) in [7, 11) is 0. The lowest BCUT2D eigenvalue weighted by molar-refractivity contribution is 0.145. The van der Waals surface area contributed by atoms with Gasteiger partial charge in [0.05, 0.1) is 0 Å². The second-order valence-electron chi connectivity index (χ2n) is 4.04. The van der Waals surface area contributed by atoms with Crippen molar-refractivity contribution in [3.8, 4) is 0 Å². The Kier molecular flexibility index (Phi) is 8.21. The van der Waals surface area contributed by atoms with Gasteiger partial charge in [0.2, 0.25) is 5.96 Å². The maximum atomic E-state index is 5.42. The van der Waals surface area contributed by atoms with Crippen molar-refractivity contribution in [2.45, 2.75) is 19.8 Å². The van der Waals surface area contributed by atoms with Gasteiger partial charge in [0.15, 0.2) is 0 Å². The van der Waals surface area contributed by atoms with Crippen molar-refractivity contribution in [2.75, 3.05) is 37.8 Å². The Morgan fingerprint density at radius 2 is 2.47 bits per heavy atom. The molecule has 6 heteroatoms. The molecule has 0 bridgehead atoms. The predicted octanol–water partition coefficient (Wildman–Crippen LogP) is 0.575. The number of nitrogens with two attached hydrogens (primary N) is 1. The molecule has 1 rings (SSSR count). The lowest BCUT2D eigenvalue weighted by atomic mass is 10.1. The number of hydrogen-bond donors (Lipinski definition) is 3. The predicted molar refractivity (Wildman–Crippen MR) is 74.2 cm³/mol. The number of guanidine groups is 1. The first-order valence-electron chi connectivity index (χ1n) is 6.27. The van der Waals surface area contributed by atoms with E-state index in [2.05, 4.69) is 15.7 Å². The van der Waals surface area contributed by atoms with Gasteiger partial charge in [-0.3, -0.25) is 10.4 Å². The average Bonchev–Trinajstić information content (AvgIpc) is 2.86. The van der Waals surface area contributed by atoms with Gasteiger partial charge in [0, 0.05) is 26.3 Å². The Bertz CT molecular complexity index is 220. The van der Waals surface area contributed by atoms with Crippen LogP contribution in [0.2, 0.25) is 0 Å². The SMILES string of the molecule is CCOCCCNC(=NCC1CCSC1)NN. The summed E-state index contributed by atoms with van der Waals surface area (Å²) in [5.41, 5.74) is 2.61. The molecule has 1 fully saturated rings. The molecule has 0 aromatic heterocycles. The van der Waals surface area contributed by atoms with E-state index in [4.69, 9.17) is 10.6 Å². The molecule has 17 heavy (non-hydrogen) atoms. The molecule has 0 aliphatic carbocycles. The zero-order chi connectivity index (χ0) is 12.3. The highest BCUT2D eigenvalue weighted by Gasteiger charge is 2.14. The summed E-state index contributed by atoms with van der Waals surface area (Å²) in [6.07, 6.45) is 2.24. The number of nitrogens with zero attached hydrogens (tertiary/aromatic N) is 1. The number of ether oxygens (including phenoxy) is 1. The van der Waals surface area contributed by atoms with Crippen LogP contribution in [0.3, 0.4) is 0 Å². The van der Waals surface area contributed by atoms with Gasteiger partial charge in [-0.2, -0.15) is 11.8 Å². The fraction of sp³-hybridized carbons (Fsp3) is 0.909. The van der Waals surface area contributed by atoms with Crippen LogP contribution in [0.1, 0.15) is 19.8 Å². The van der Waals surface area contributed by atoms with Crippen molar-refractivity contribution in [1.82, 2.24) is 10.7 Å². The van der Waals surface area contributed by atoms with E-state index in [1.165, 1.54) is 17.9 Å². The van der Waals surface area contributed by atoms with Crippen LogP contribution >= 0.6 is 11.8 Å². The Balaban J connectivity index is 2.10. The van der Waals surface area contributed by atoms with Crippen molar-refractivity contribution in [3.63, 3.8) is 0 Å². The van der Waals surface area contributed by atoms with Crippen LogP contribution in [0.25, 0.3) is 0 Å². The molecular weight excluding hydrogens is 236 g/mol. The van der Waals surface area contributed by atoms with E-state index in [0.717, 1.165) is 32.7 Å². The Hall–Kier alpha value is -0.460. The summed E-state index contributed by atoms with van der Waals surface area (Å²) >= 11 is 2.01. The maximum absolute atomic E-state index is 5.42. The van der Waals surface area contributed by atoms with E-state index >= 15 is 0 Å². The molecule has 1 saturated heterocycles. The molecule has 1 aliphatic rings. The van der Waals surface area contributed by atoms with Crippen molar-refractivity contribution in [3.05, 3.63) is 0 Å². The van der Waals surface area contributed by atoms with E-state index < -0.39 is 0 Å². The lowest BCUT2D eigenvalue weighted by Gasteiger charge is -2.10. The molecule has 4 N–H and O–H groups in total. The minimum atomic E-state index is 0.693. The summed E-state index contributed by atoms with van der Waals surface area (Å²) in [6.45, 7) is 5.25. The van der Waals surface area contributed by atoms with Gasteiger partial charge in [0.1, 0.15) is 0 Å². The highest BCUT2D eigenvalue weighted by molar-refractivity contribution is 7.99. The summed E-state index contributed by atoms with van der Waals surface area (Å²) in [4.78, 5) is 4.46. The van der Waals surface area contributed by atoms with Crippen LogP contribution in [0, 0.1) is 5.92 Å². The first-order chi connectivity index (χ1) is 8.36. The quantitative estimate of drug-likeness (QED) is 0.205. The molecule has 1 unspecified atom stereocenters. The van der Waals surface area contributed by atoms with Crippen LogP contribution in [-0.4, -0.2) is 43.8 Å². The molecule has 0 saturated carbocycles. The van der Waals surface area contributed by atoms with E-state index in [1.54, 1.807) is 0 Å². The molecule has 0 aromatic rings. The number of rotatable bonds is 7. The van der Waals surface area contributed by atoms with E-state index in [0.29, 0.717) is 11.9 Å². The Morgan fingerprint density at radius 3 is 3.12 bits per heavy atom. The van der Waals surface area contributed by atoms with Crippen molar-refractivity contribution >= 4 is 17.7 Å². The summed E-state index contributed by atoms with van der Waals surface area (Å²) in [5.74, 6) is 9.33. The number of hydrogen-bond acceptors (Lipinski definition) is 4. The molecule has 0 amide bonds. The zero-order valence-corrected chi connectivity index (χ0v) is 11.4. The van der Waals surface area contributed by atoms with Crippen LogP contribution < -0.4 is 16.6 Å². The Morgan fingerprint density at radius 1 is 1.59 bits per heavy atom. The molecule has 1 atom stereocenters. The zero-order valence-electron chi connectivity index (χ0n) is 10.6. The third-order valence-electron chi connectivity index (χ3n) is 2.63. The minimum Gasteiger partial charge on any atom is -0.382 e. The molecule has 100 valence electrons. The largest absolute Gasteiger partial charge is 0.382 e. The number of hydrazine groups is 1. The van der Waals surface area contributed by atoms with Gasteiger partial charge >= 0.3 is 0 Å². The number of nitrogens with one attached hydrogen (secondary N) is 2. The van der Waals surface area contributed by atoms with Crippen LogP contribution in [0.5, 0.6) is 0 Å². The number of aliphatic imine (C=N–C) groups is 1. The van der Waals surface area contributed by atoms with Gasteiger partial charge in [-0.15, -0.1) is 0 Å². The third-order valence-corrected chi connectivity index (χ3v) is 3.86. The van der Waals surface area contributed by atoms with Crippen LogP contribution in [-0.2, 0) is 4.74 Å². The molecule has 0 spiro atoms. The van der Waals surface area contributed by atoms with Gasteiger partial charge in [-0.05, 0) is 37.2 Å². The lowest BCUT2D eigenvalue weighted by Crippen LogP contribution is -2.42. The van der Waals surface area contributed by atoms with E-state index in [1.807, 2.05) is 18.7 Å². The smallest absolute Gasteiger partial charge is 0.205 e. The topological polar surface area (TPSA) is 71.7 Å². The highest BCUT2D eigenvalue weighted by atomic mass is 32.2. The molecule has 1 heterocycles. The van der Waals surface area contributed by atoms with Crippen molar-refractivity contribution < 1.29 is 4.74 Å². The van der Waals surface area contributed by atoms with Gasteiger partial charge in [-0.25, -0.2) is 5.84 Å². The molecule has 1 aliphatic heterocycles. The third kappa shape index (κ3) is 6.75. The van der Waals surface area contributed by atoms with Gasteiger partial charge < -0.3 is 10.1 Å². The van der Waals surface area contributed by atoms with E-state index in [9.17, 15) is 0 Å². The van der Waals surface area contributed by atoms with Crippen molar-refractivity contribution in [1.29, 1.82) is 0 Å². The summed E-state index contributed by atoms with van der Waals surface area (Å²) in [6, 6.07) is 0. The molecular formula is C11H24N4OS. The minimum absolute atomic E-state index is 0.693. The van der Waals surface area contributed by atoms with Gasteiger partial charge in [0.25, 0.3) is 0 Å². The van der Waals surface area contributed by atoms with Crippen LogP contribution in [0.15, 0.2) is 4.99 Å².